The summed E-state index contributed by atoms with van der Waals surface area (Å²) in [5, 5.41) is 2.79. The van der Waals surface area contributed by atoms with Crippen LogP contribution in [0.3, 0.4) is 0 Å². The van der Waals surface area contributed by atoms with Crippen molar-refractivity contribution in [3.8, 4) is 5.75 Å². The summed E-state index contributed by atoms with van der Waals surface area (Å²) in [5.41, 5.74) is 2.79. The van der Waals surface area contributed by atoms with E-state index in [1.54, 1.807) is 24.3 Å². The average molecular weight is 515 g/mol. The van der Waals surface area contributed by atoms with E-state index in [0.717, 1.165) is 43.1 Å². The molecule has 5 fully saturated rings. The largest absolute Gasteiger partial charge is 0.465 e. The van der Waals surface area contributed by atoms with E-state index in [-0.39, 0.29) is 11.9 Å². The van der Waals surface area contributed by atoms with Gasteiger partial charge in [0.05, 0.1) is 11.8 Å². The molecular formula is C32H38N2O4. The third-order valence-corrected chi connectivity index (χ3v) is 9.13. The lowest BCUT2D eigenvalue weighted by molar-refractivity contribution is -0.112. The number of hydrogen-bond donors (Lipinski definition) is 1. The van der Waals surface area contributed by atoms with Crippen LogP contribution in [0.4, 0.5) is 5.69 Å². The van der Waals surface area contributed by atoms with Gasteiger partial charge in [-0.05, 0) is 124 Å². The third kappa shape index (κ3) is 5.65. The van der Waals surface area contributed by atoms with Gasteiger partial charge in [-0.1, -0.05) is 18.2 Å². The summed E-state index contributed by atoms with van der Waals surface area (Å²) in [6.45, 7) is 3.28. The van der Waals surface area contributed by atoms with Crippen molar-refractivity contribution in [2.75, 3.05) is 31.6 Å². The Bertz CT molecular complexity index is 1150. The van der Waals surface area contributed by atoms with Gasteiger partial charge >= 0.3 is 5.97 Å². The molecule has 1 amide bonds. The van der Waals surface area contributed by atoms with Crippen molar-refractivity contribution in [3.05, 3.63) is 72.0 Å². The minimum absolute atomic E-state index is 0.324. The molecule has 0 atom stereocenters. The fraction of sp³-hybridized carbons (Fsp3) is 0.500. The molecule has 7 rings (SSSR count). The number of carbonyl (C=O) groups is 2. The summed E-state index contributed by atoms with van der Waals surface area (Å²) >= 11 is 0. The summed E-state index contributed by atoms with van der Waals surface area (Å²) in [4.78, 5) is 27.1. The normalized spacial score (nSPS) is 28.1. The molecule has 1 heterocycles. The summed E-state index contributed by atoms with van der Waals surface area (Å²) in [5.74, 6) is 2.78. The number of rotatable bonds is 9. The zero-order valence-electron chi connectivity index (χ0n) is 22.1. The lowest BCUT2D eigenvalue weighted by Gasteiger charge is -2.57. The van der Waals surface area contributed by atoms with Crippen LogP contribution in [-0.2, 0) is 14.9 Å². The summed E-state index contributed by atoms with van der Waals surface area (Å²) in [6.07, 6.45) is 13.6. The third-order valence-electron chi connectivity index (χ3n) is 9.13. The van der Waals surface area contributed by atoms with Gasteiger partial charge in [0.15, 0.2) is 0 Å². The number of carbonyl (C=O) groups excluding carboxylic acids is 2. The second-order valence-corrected chi connectivity index (χ2v) is 11.9. The highest BCUT2D eigenvalue weighted by Crippen LogP contribution is 2.60. The maximum absolute atomic E-state index is 12.4. The molecule has 1 N–H and O–H groups in total. The van der Waals surface area contributed by atoms with E-state index in [9.17, 15) is 9.59 Å². The van der Waals surface area contributed by atoms with Crippen molar-refractivity contribution >= 4 is 17.6 Å². The number of ether oxygens (including phenoxy) is 2. The first-order chi connectivity index (χ1) is 18.5. The van der Waals surface area contributed by atoms with Crippen LogP contribution in [0, 0.1) is 17.8 Å². The standard InChI is InChI=1S/C32H38N2O4/c35-30(33-28-5-3-4-26(19-28)31(36)38-15-13-34-11-1-2-12-34)10-14-37-29-8-6-27(7-9-29)32-20-23-16-24(21-32)18-25(17-23)22-32/h3-10,14,19,23-25H,1-2,11-13,15-18,20-22H2,(H,33,35)/b14-10+. The van der Waals surface area contributed by atoms with E-state index in [4.69, 9.17) is 9.47 Å². The molecule has 200 valence electrons. The van der Waals surface area contributed by atoms with Crippen LogP contribution in [0.5, 0.6) is 5.75 Å². The molecule has 0 radical (unpaired) electrons. The molecule has 0 unspecified atom stereocenters. The van der Waals surface area contributed by atoms with Gasteiger partial charge in [0.1, 0.15) is 12.4 Å². The zero-order valence-corrected chi connectivity index (χ0v) is 22.1. The van der Waals surface area contributed by atoms with Crippen molar-refractivity contribution in [1.82, 2.24) is 4.90 Å². The van der Waals surface area contributed by atoms with E-state index in [1.165, 1.54) is 69.3 Å². The lowest BCUT2D eigenvalue weighted by atomic mass is 9.48. The number of amides is 1. The molecule has 2 aromatic carbocycles. The highest BCUT2D eigenvalue weighted by atomic mass is 16.5. The fourth-order valence-corrected chi connectivity index (χ4v) is 7.79. The van der Waals surface area contributed by atoms with E-state index >= 15 is 0 Å². The predicted molar refractivity (Wildman–Crippen MR) is 147 cm³/mol. The molecule has 38 heavy (non-hydrogen) atoms. The van der Waals surface area contributed by atoms with Gasteiger partial charge in [0.2, 0.25) is 0 Å². The van der Waals surface area contributed by atoms with Crippen molar-refractivity contribution in [3.63, 3.8) is 0 Å². The Morgan fingerprint density at radius 1 is 0.947 bits per heavy atom. The van der Waals surface area contributed by atoms with Crippen molar-refractivity contribution in [2.24, 2.45) is 17.8 Å². The molecule has 1 saturated heterocycles. The van der Waals surface area contributed by atoms with Crippen LogP contribution in [-0.4, -0.2) is 43.0 Å². The molecule has 6 nitrogen and oxygen atoms in total. The van der Waals surface area contributed by atoms with Gasteiger partial charge in [-0.25, -0.2) is 4.79 Å². The number of nitrogens with zero attached hydrogens (tertiary/aromatic N) is 1. The Morgan fingerprint density at radius 3 is 2.32 bits per heavy atom. The Labute approximate surface area is 225 Å². The van der Waals surface area contributed by atoms with Crippen LogP contribution < -0.4 is 10.1 Å². The summed E-state index contributed by atoms with van der Waals surface area (Å²) < 4.78 is 11.1. The topological polar surface area (TPSA) is 67.9 Å². The van der Waals surface area contributed by atoms with Crippen LogP contribution in [0.15, 0.2) is 60.9 Å². The molecule has 5 aliphatic rings. The first kappa shape index (κ1) is 25.2. The smallest absolute Gasteiger partial charge is 0.338 e. The number of benzene rings is 2. The van der Waals surface area contributed by atoms with Gasteiger partial charge in [0.25, 0.3) is 5.91 Å². The highest BCUT2D eigenvalue weighted by Gasteiger charge is 2.51. The second kappa shape index (κ2) is 10.9. The van der Waals surface area contributed by atoms with Gasteiger partial charge in [0, 0.05) is 18.3 Å². The highest BCUT2D eigenvalue weighted by molar-refractivity contribution is 6.00. The first-order valence-corrected chi connectivity index (χ1v) is 14.3. The Morgan fingerprint density at radius 2 is 1.63 bits per heavy atom. The predicted octanol–water partition coefficient (Wildman–Crippen LogP) is 5.94. The van der Waals surface area contributed by atoms with Crippen LogP contribution in [0.2, 0.25) is 0 Å². The molecule has 0 spiro atoms. The Kier molecular flexibility index (Phi) is 7.24. The van der Waals surface area contributed by atoms with Crippen molar-refractivity contribution in [1.29, 1.82) is 0 Å². The molecule has 6 heteroatoms. The van der Waals surface area contributed by atoms with E-state index in [0.29, 0.717) is 23.3 Å². The van der Waals surface area contributed by atoms with Crippen LogP contribution >= 0.6 is 0 Å². The summed E-state index contributed by atoms with van der Waals surface area (Å²) in [6, 6.07) is 15.3. The monoisotopic (exact) mass is 514 g/mol. The van der Waals surface area contributed by atoms with Gasteiger partial charge in [-0.15, -0.1) is 0 Å². The number of hydrogen-bond acceptors (Lipinski definition) is 5. The molecule has 4 saturated carbocycles. The molecule has 4 aliphatic carbocycles. The van der Waals surface area contributed by atoms with Crippen LogP contribution in [0.1, 0.15) is 67.3 Å². The number of esters is 1. The molecule has 0 aromatic heterocycles. The van der Waals surface area contributed by atoms with E-state index in [1.807, 2.05) is 12.1 Å². The SMILES string of the molecule is O=C(/C=C/Oc1ccc(C23CC4CC(CC(C4)C2)C3)cc1)Nc1cccc(C(=O)OCCN2CCCC2)c1. The lowest BCUT2D eigenvalue weighted by Crippen LogP contribution is -2.48. The van der Waals surface area contributed by atoms with E-state index in [2.05, 4.69) is 22.3 Å². The van der Waals surface area contributed by atoms with Gasteiger partial charge in [-0.3, -0.25) is 9.69 Å². The van der Waals surface area contributed by atoms with Crippen molar-refractivity contribution < 1.29 is 19.1 Å². The Balaban J connectivity index is 0.983. The average Bonchev–Trinajstić information content (AvgIpc) is 3.42. The molecule has 2 aromatic rings. The quantitative estimate of drug-likeness (QED) is 0.255. The fourth-order valence-electron chi connectivity index (χ4n) is 7.79. The van der Waals surface area contributed by atoms with Crippen LogP contribution in [0.25, 0.3) is 0 Å². The number of nitrogens with one attached hydrogen (secondary N) is 1. The van der Waals surface area contributed by atoms with Gasteiger partial charge < -0.3 is 14.8 Å². The molecular weight excluding hydrogens is 476 g/mol. The Hall–Kier alpha value is -3.12. The zero-order chi connectivity index (χ0) is 26.0. The maximum atomic E-state index is 12.4. The number of likely N-dealkylation sites (tertiary alicyclic amines) is 1. The first-order valence-electron chi connectivity index (χ1n) is 14.3. The maximum Gasteiger partial charge on any atom is 0.338 e. The minimum atomic E-state index is -0.379. The van der Waals surface area contributed by atoms with E-state index < -0.39 is 0 Å². The summed E-state index contributed by atoms with van der Waals surface area (Å²) in [7, 11) is 0. The molecule has 1 aliphatic heterocycles. The molecule has 4 bridgehead atoms. The van der Waals surface area contributed by atoms with Gasteiger partial charge in [-0.2, -0.15) is 0 Å². The van der Waals surface area contributed by atoms with Crippen molar-refractivity contribution in [2.45, 2.75) is 56.8 Å². The number of anilines is 1. The second-order valence-electron chi connectivity index (χ2n) is 11.9. The minimum Gasteiger partial charge on any atom is -0.465 e.